The van der Waals surface area contributed by atoms with E-state index in [4.69, 9.17) is 0 Å². The van der Waals surface area contributed by atoms with Crippen molar-refractivity contribution in [3.8, 4) is 0 Å². The first-order valence-corrected chi connectivity index (χ1v) is 7.90. The summed E-state index contributed by atoms with van der Waals surface area (Å²) >= 11 is 5.15. The van der Waals surface area contributed by atoms with E-state index < -0.39 is 0 Å². The second-order valence-electron chi connectivity index (χ2n) is 4.78. The molecule has 0 bridgehead atoms. The predicted octanol–water partition coefficient (Wildman–Crippen LogP) is 4.90. The van der Waals surface area contributed by atoms with Crippen LogP contribution in [-0.2, 0) is 0 Å². The zero-order valence-corrected chi connectivity index (χ0v) is 11.9. The van der Waals surface area contributed by atoms with Crippen LogP contribution in [-0.4, -0.2) is 5.11 Å². The Labute approximate surface area is 110 Å². The van der Waals surface area contributed by atoms with Gasteiger partial charge in [-0.2, -0.15) is 11.3 Å². The van der Waals surface area contributed by atoms with Crippen molar-refractivity contribution >= 4 is 27.3 Å². The van der Waals surface area contributed by atoms with Gasteiger partial charge in [-0.1, -0.05) is 38.5 Å². The normalized spacial score (nSPS) is 20.6. The molecule has 1 unspecified atom stereocenters. The van der Waals surface area contributed by atoms with Crippen molar-refractivity contribution in [2.75, 3.05) is 0 Å². The summed E-state index contributed by atoms with van der Waals surface area (Å²) in [4.78, 5) is 0. The molecule has 2 rings (SSSR count). The molecule has 3 heteroatoms. The van der Waals surface area contributed by atoms with Gasteiger partial charge < -0.3 is 5.11 Å². The van der Waals surface area contributed by atoms with Crippen LogP contribution < -0.4 is 0 Å². The maximum atomic E-state index is 10.2. The van der Waals surface area contributed by atoms with E-state index in [0.717, 1.165) is 22.4 Å². The third-order valence-corrected chi connectivity index (χ3v) is 5.28. The maximum Gasteiger partial charge on any atom is 0.0811 e. The van der Waals surface area contributed by atoms with Gasteiger partial charge in [0.05, 0.1) is 6.10 Å². The zero-order valence-electron chi connectivity index (χ0n) is 9.49. The Balaban J connectivity index is 1.91. The van der Waals surface area contributed by atoms with E-state index in [-0.39, 0.29) is 6.10 Å². The monoisotopic (exact) mass is 302 g/mol. The summed E-state index contributed by atoms with van der Waals surface area (Å²) < 4.78 is 1.07. The minimum Gasteiger partial charge on any atom is -0.388 e. The third-order valence-electron chi connectivity index (χ3n) is 3.53. The molecule has 0 aliphatic heterocycles. The smallest absolute Gasteiger partial charge is 0.0811 e. The molecule has 1 fully saturated rings. The van der Waals surface area contributed by atoms with Crippen LogP contribution in [0, 0.1) is 5.92 Å². The molecule has 1 N–H and O–H groups in total. The Morgan fingerprint density at radius 1 is 1.25 bits per heavy atom. The van der Waals surface area contributed by atoms with Crippen molar-refractivity contribution in [1.82, 2.24) is 0 Å². The van der Waals surface area contributed by atoms with Crippen molar-refractivity contribution in [2.45, 2.75) is 51.0 Å². The molecule has 16 heavy (non-hydrogen) atoms. The van der Waals surface area contributed by atoms with Gasteiger partial charge in [-0.3, -0.25) is 0 Å². The van der Waals surface area contributed by atoms with Crippen molar-refractivity contribution in [3.05, 3.63) is 20.8 Å². The number of rotatable bonds is 3. The van der Waals surface area contributed by atoms with Gasteiger partial charge in [0.15, 0.2) is 0 Å². The minimum atomic E-state index is -0.274. The Bertz CT molecular complexity index is 315. The zero-order chi connectivity index (χ0) is 11.4. The Morgan fingerprint density at radius 2 is 1.94 bits per heavy atom. The number of aliphatic hydroxyl groups is 1. The number of hydrogen-bond donors (Lipinski definition) is 1. The van der Waals surface area contributed by atoms with Crippen LogP contribution >= 0.6 is 27.3 Å². The molecular weight excluding hydrogens is 284 g/mol. The first kappa shape index (κ1) is 12.6. The second kappa shape index (κ2) is 6.18. The van der Waals surface area contributed by atoms with E-state index in [2.05, 4.69) is 21.3 Å². The van der Waals surface area contributed by atoms with Crippen LogP contribution in [0.1, 0.15) is 56.6 Å². The Morgan fingerprint density at radius 3 is 2.50 bits per heavy atom. The van der Waals surface area contributed by atoms with Gasteiger partial charge in [-0.15, -0.1) is 0 Å². The topological polar surface area (TPSA) is 20.2 Å². The van der Waals surface area contributed by atoms with E-state index in [1.807, 2.05) is 5.38 Å². The summed E-state index contributed by atoms with van der Waals surface area (Å²) in [6, 6.07) is 0. The van der Waals surface area contributed by atoms with Gasteiger partial charge in [-0.25, -0.2) is 0 Å². The highest BCUT2D eigenvalue weighted by Crippen LogP contribution is 2.34. The molecule has 1 aliphatic carbocycles. The van der Waals surface area contributed by atoms with Crippen molar-refractivity contribution in [3.63, 3.8) is 0 Å². The lowest BCUT2D eigenvalue weighted by Crippen LogP contribution is -2.06. The van der Waals surface area contributed by atoms with E-state index in [0.29, 0.717) is 0 Å². The van der Waals surface area contributed by atoms with Gasteiger partial charge in [-0.05, 0) is 33.6 Å². The van der Waals surface area contributed by atoms with Gasteiger partial charge in [0.25, 0.3) is 0 Å². The summed E-state index contributed by atoms with van der Waals surface area (Å²) in [7, 11) is 0. The van der Waals surface area contributed by atoms with Crippen LogP contribution in [0.3, 0.4) is 0 Å². The molecular formula is C13H19BrOS. The molecule has 1 aliphatic rings. The molecule has 0 aromatic carbocycles. The summed E-state index contributed by atoms with van der Waals surface area (Å²) in [5.74, 6) is 0.726. The molecule has 1 saturated carbocycles. The van der Waals surface area contributed by atoms with Crippen LogP contribution in [0.15, 0.2) is 15.2 Å². The molecule has 0 radical (unpaired) electrons. The van der Waals surface area contributed by atoms with Crippen LogP contribution in [0.4, 0.5) is 0 Å². The lowest BCUT2D eigenvalue weighted by atomic mass is 9.92. The Hall–Kier alpha value is 0.140. The standard InChI is InChI=1S/C13H19BrOS/c14-12-9-16-8-11(12)13(15)7-10-5-3-1-2-4-6-10/h8-10,13,15H,1-7H2. The van der Waals surface area contributed by atoms with Gasteiger partial charge in [0.2, 0.25) is 0 Å². The summed E-state index contributed by atoms with van der Waals surface area (Å²) in [5, 5.41) is 14.3. The fourth-order valence-electron chi connectivity index (χ4n) is 2.57. The van der Waals surface area contributed by atoms with Crippen LogP contribution in [0.25, 0.3) is 0 Å². The van der Waals surface area contributed by atoms with Crippen LogP contribution in [0.2, 0.25) is 0 Å². The SMILES string of the molecule is OC(CC1CCCCCC1)c1cscc1Br. The number of thiophene rings is 1. The first-order chi connectivity index (χ1) is 7.77. The highest BCUT2D eigenvalue weighted by atomic mass is 79.9. The van der Waals surface area contributed by atoms with Gasteiger partial charge in [0, 0.05) is 15.4 Å². The lowest BCUT2D eigenvalue weighted by molar-refractivity contribution is 0.139. The summed E-state index contributed by atoms with van der Waals surface area (Å²) in [6.45, 7) is 0. The number of halogens is 1. The molecule has 1 aromatic rings. The fourth-order valence-corrected chi connectivity index (χ4v) is 4.18. The second-order valence-corrected chi connectivity index (χ2v) is 6.38. The quantitative estimate of drug-likeness (QED) is 0.787. The Kier molecular flexibility index (Phi) is 4.86. The molecule has 1 heterocycles. The minimum absolute atomic E-state index is 0.274. The van der Waals surface area contributed by atoms with E-state index in [9.17, 15) is 5.11 Å². The summed E-state index contributed by atoms with van der Waals surface area (Å²) in [6.07, 6.45) is 8.74. The molecule has 90 valence electrons. The highest BCUT2D eigenvalue weighted by molar-refractivity contribution is 9.10. The maximum absolute atomic E-state index is 10.2. The fraction of sp³-hybridized carbons (Fsp3) is 0.692. The average Bonchev–Trinajstić information content (AvgIpc) is 2.53. The third kappa shape index (κ3) is 3.31. The van der Waals surface area contributed by atoms with E-state index in [1.54, 1.807) is 11.3 Å². The van der Waals surface area contributed by atoms with Crippen molar-refractivity contribution in [2.24, 2.45) is 5.92 Å². The molecule has 0 amide bonds. The highest BCUT2D eigenvalue weighted by Gasteiger charge is 2.19. The van der Waals surface area contributed by atoms with E-state index >= 15 is 0 Å². The number of hydrogen-bond acceptors (Lipinski definition) is 2. The number of aliphatic hydroxyl groups excluding tert-OH is 1. The molecule has 1 nitrogen and oxygen atoms in total. The molecule has 0 saturated heterocycles. The molecule has 0 spiro atoms. The lowest BCUT2D eigenvalue weighted by Gasteiger charge is -2.18. The van der Waals surface area contributed by atoms with Gasteiger partial charge >= 0.3 is 0 Å². The molecule has 1 atom stereocenters. The molecule has 1 aromatic heterocycles. The van der Waals surface area contributed by atoms with Crippen LogP contribution in [0.5, 0.6) is 0 Å². The van der Waals surface area contributed by atoms with Gasteiger partial charge in [0.1, 0.15) is 0 Å². The average molecular weight is 303 g/mol. The van der Waals surface area contributed by atoms with E-state index in [1.165, 1.54) is 38.5 Å². The van der Waals surface area contributed by atoms with Crippen molar-refractivity contribution < 1.29 is 5.11 Å². The van der Waals surface area contributed by atoms with Crippen molar-refractivity contribution in [1.29, 1.82) is 0 Å². The first-order valence-electron chi connectivity index (χ1n) is 6.17. The largest absolute Gasteiger partial charge is 0.388 e. The summed E-state index contributed by atoms with van der Waals surface area (Å²) in [5.41, 5.74) is 1.08. The predicted molar refractivity (Wildman–Crippen MR) is 72.8 cm³/mol.